The lowest BCUT2D eigenvalue weighted by Crippen LogP contribution is -2.03. The standard InChI is InChI=1S/C71H46N4/c1-5-17-48(18-6-1)56-43-57(49-19-7-2-8-20-49)45-58(44-56)55-33-39-63-61-25-13-15-27-67(61)75(70(63)47-55)60-35-29-50(30-36-60)54-34-42-69-64(46-54)62-26-14-16-28-68(62)74(69)59-37-31-52(32-38-59)66-41-40-65(51-21-9-3-10-22-51)72-71(73-66)53-23-11-4-12-24-53/h1-40,42-47H. The summed E-state index contributed by atoms with van der Waals surface area (Å²) in [6.45, 7) is 0. The van der Waals surface area contributed by atoms with Gasteiger partial charge in [0.2, 0.25) is 0 Å². The molecule has 14 rings (SSSR count). The summed E-state index contributed by atoms with van der Waals surface area (Å²) < 4.78 is 4.79. The number of aromatic nitrogens is 2. The molecule has 0 saturated carbocycles. The van der Waals surface area contributed by atoms with E-state index in [4.69, 9.17) is 9.98 Å². The molecule has 0 bridgehead atoms. The molecular formula is C71H46N4. The topological polar surface area (TPSA) is 34.6 Å². The highest BCUT2D eigenvalue weighted by atomic mass is 15.0. The summed E-state index contributed by atoms with van der Waals surface area (Å²) in [5.74, 6) is 0.655. The van der Waals surface area contributed by atoms with Crippen LogP contribution in [-0.2, 0) is 0 Å². The van der Waals surface area contributed by atoms with Gasteiger partial charge in [-0.2, -0.15) is 0 Å². The smallest absolute Gasteiger partial charge is 0.161 e. The monoisotopic (exact) mass is 954 g/mol. The second kappa shape index (κ2) is 18.5. The van der Waals surface area contributed by atoms with Crippen molar-refractivity contribution in [3.63, 3.8) is 0 Å². The van der Waals surface area contributed by atoms with Crippen LogP contribution in [0.1, 0.15) is 16.7 Å². The average molecular weight is 955 g/mol. The van der Waals surface area contributed by atoms with Gasteiger partial charge in [-0.1, -0.05) is 206 Å². The van der Waals surface area contributed by atoms with E-state index < -0.39 is 0 Å². The molecule has 13 aromatic rings. The third-order valence-electron chi connectivity index (χ3n) is 14.6. The maximum Gasteiger partial charge on any atom is 0.161 e. The first-order valence-electron chi connectivity index (χ1n) is 25.5. The lowest BCUT2D eigenvalue weighted by molar-refractivity contribution is 1.18. The number of benzene rings is 11. The van der Waals surface area contributed by atoms with Crippen LogP contribution in [0.25, 0.3) is 105 Å². The number of fused-ring (bicyclic) bond motifs is 6. The molecule has 0 amide bonds. The van der Waals surface area contributed by atoms with Crippen molar-refractivity contribution >= 4 is 60.9 Å². The van der Waals surface area contributed by atoms with Crippen LogP contribution in [0.3, 0.4) is 0 Å². The minimum Gasteiger partial charge on any atom is -0.309 e. The molecule has 0 aliphatic carbocycles. The number of hydrogen-bond donors (Lipinski definition) is 0. The summed E-state index contributed by atoms with van der Waals surface area (Å²) in [6.07, 6.45) is 1.95. The average Bonchev–Trinajstić information content (AvgIpc) is 3.90. The molecule has 1 aliphatic rings. The van der Waals surface area contributed by atoms with Crippen LogP contribution in [0.2, 0.25) is 0 Å². The fourth-order valence-corrected chi connectivity index (χ4v) is 10.9. The van der Waals surface area contributed by atoms with Crippen molar-refractivity contribution in [3.8, 4) is 55.9 Å². The van der Waals surface area contributed by atoms with Crippen LogP contribution in [-0.4, -0.2) is 20.7 Å². The van der Waals surface area contributed by atoms with E-state index in [1.165, 1.54) is 71.5 Å². The summed E-state index contributed by atoms with van der Waals surface area (Å²) in [6, 6.07) is 97.8. The van der Waals surface area contributed by atoms with Crippen molar-refractivity contribution in [2.24, 2.45) is 9.98 Å². The predicted octanol–water partition coefficient (Wildman–Crippen LogP) is 18.0. The van der Waals surface area contributed by atoms with Gasteiger partial charge >= 0.3 is 0 Å². The van der Waals surface area contributed by atoms with Gasteiger partial charge in [0, 0.05) is 55.7 Å². The van der Waals surface area contributed by atoms with Gasteiger partial charge < -0.3 is 9.13 Å². The largest absolute Gasteiger partial charge is 0.309 e. The number of rotatable bonds is 9. The van der Waals surface area contributed by atoms with Crippen molar-refractivity contribution in [1.29, 1.82) is 0 Å². The summed E-state index contributed by atoms with van der Waals surface area (Å²) >= 11 is 0. The van der Waals surface area contributed by atoms with E-state index in [2.05, 4.69) is 251 Å². The quantitative estimate of drug-likeness (QED) is 0.129. The summed E-state index contributed by atoms with van der Waals surface area (Å²) in [5.41, 5.74) is 24.3. The second-order valence-electron chi connectivity index (χ2n) is 19.1. The Hall–Kier alpha value is -10.1. The van der Waals surface area contributed by atoms with Gasteiger partial charge in [0.15, 0.2) is 5.84 Å². The zero-order valence-corrected chi connectivity index (χ0v) is 40.8. The molecular weight excluding hydrogens is 909 g/mol. The summed E-state index contributed by atoms with van der Waals surface area (Å²) in [5, 5.41) is 4.88. The fraction of sp³-hybridized carbons (Fsp3) is 0. The lowest BCUT2D eigenvalue weighted by Gasteiger charge is -2.13. The molecule has 11 aromatic carbocycles. The number of allylic oxidation sites excluding steroid dienone is 1. The van der Waals surface area contributed by atoms with Gasteiger partial charge in [0.1, 0.15) is 5.70 Å². The van der Waals surface area contributed by atoms with Crippen molar-refractivity contribution in [1.82, 2.24) is 9.13 Å². The van der Waals surface area contributed by atoms with Gasteiger partial charge in [0.05, 0.1) is 27.8 Å². The third kappa shape index (κ3) is 8.00. The molecule has 350 valence electrons. The highest BCUT2D eigenvalue weighted by Gasteiger charge is 2.18. The fourth-order valence-electron chi connectivity index (χ4n) is 10.9. The molecule has 0 radical (unpaired) electrons. The maximum absolute atomic E-state index is 5.10. The Morgan fingerprint density at radius 2 is 0.667 bits per heavy atom. The predicted molar refractivity (Wildman–Crippen MR) is 314 cm³/mol. The van der Waals surface area contributed by atoms with Crippen LogP contribution in [0.4, 0.5) is 0 Å². The van der Waals surface area contributed by atoms with Gasteiger partial charge in [-0.05, 0) is 117 Å². The number of aliphatic imine (C=N–C) groups is 2. The number of nitrogens with zero attached hydrogens (tertiary/aromatic N) is 4. The molecule has 75 heavy (non-hydrogen) atoms. The SMILES string of the molecule is C1=CC(c2ccccc2)=NC(c2ccccc2)=NC=1c1ccc(-n2c3ccccc3c3cc(-c4ccc(-n5c6ccccc6c6ccc(-c7cc(-c8ccccc8)cc(-c8ccccc8)c7)cc65)cc4)ccc32)cc1. The van der Waals surface area contributed by atoms with Crippen LogP contribution in [0.15, 0.2) is 295 Å². The Kier molecular flexibility index (Phi) is 10.8. The van der Waals surface area contributed by atoms with E-state index in [9.17, 15) is 0 Å². The summed E-state index contributed by atoms with van der Waals surface area (Å²) in [4.78, 5) is 10.1. The van der Waals surface area contributed by atoms with Crippen LogP contribution < -0.4 is 0 Å². The van der Waals surface area contributed by atoms with E-state index in [0.29, 0.717) is 5.84 Å². The molecule has 3 heterocycles. The molecule has 4 heteroatoms. The lowest BCUT2D eigenvalue weighted by atomic mass is 9.93. The van der Waals surface area contributed by atoms with Crippen molar-refractivity contribution in [3.05, 3.63) is 301 Å². The van der Waals surface area contributed by atoms with Crippen molar-refractivity contribution in [2.75, 3.05) is 0 Å². The maximum atomic E-state index is 5.10. The van der Waals surface area contributed by atoms with E-state index in [-0.39, 0.29) is 0 Å². The van der Waals surface area contributed by atoms with Crippen LogP contribution in [0, 0.1) is 0 Å². The molecule has 0 fully saturated rings. The first kappa shape index (κ1) is 43.7. The van der Waals surface area contributed by atoms with Gasteiger partial charge in [-0.15, -0.1) is 0 Å². The zero-order chi connectivity index (χ0) is 49.7. The molecule has 0 N–H and O–H groups in total. The highest BCUT2D eigenvalue weighted by molar-refractivity contribution is 6.19. The summed E-state index contributed by atoms with van der Waals surface area (Å²) in [7, 11) is 0. The third-order valence-corrected chi connectivity index (χ3v) is 14.6. The van der Waals surface area contributed by atoms with E-state index in [1.807, 2.05) is 42.5 Å². The molecule has 0 unspecified atom stereocenters. The second-order valence-corrected chi connectivity index (χ2v) is 19.1. The molecule has 0 atom stereocenters. The molecule has 2 aromatic heterocycles. The van der Waals surface area contributed by atoms with E-state index in [0.717, 1.165) is 56.1 Å². The highest BCUT2D eigenvalue weighted by Crippen LogP contribution is 2.40. The number of hydrogen-bond acceptors (Lipinski definition) is 2. The normalized spacial score (nSPS) is 12.5. The minimum atomic E-state index is 0.655. The van der Waals surface area contributed by atoms with Gasteiger partial charge in [-0.25, -0.2) is 9.98 Å². The molecule has 4 nitrogen and oxygen atoms in total. The molecule has 0 saturated heterocycles. The first-order valence-corrected chi connectivity index (χ1v) is 25.5. The van der Waals surface area contributed by atoms with Crippen molar-refractivity contribution in [2.45, 2.75) is 0 Å². The Labute approximate surface area is 435 Å². The zero-order valence-electron chi connectivity index (χ0n) is 40.8. The minimum absolute atomic E-state index is 0.655. The Balaban J connectivity index is 0.814. The van der Waals surface area contributed by atoms with Crippen molar-refractivity contribution < 1.29 is 0 Å². The molecule has 1 aliphatic heterocycles. The number of para-hydroxylation sites is 2. The molecule has 0 spiro atoms. The first-order chi connectivity index (χ1) is 37.2. The Morgan fingerprint density at radius 3 is 1.27 bits per heavy atom. The van der Waals surface area contributed by atoms with E-state index >= 15 is 0 Å². The van der Waals surface area contributed by atoms with Crippen LogP contribution in [0.5, 0.6) is 0 Å². The van der Waals surface area contributed by atoms with E-state index in [1.54, 1.807) is 0 Å². The van der Waals surface area contributed by atoms with Crippen LogP contribution >= 0.6 is 0 Å². The van der Waals surface area contributed by atoms with Gasteiger partial charge in [0.25, 0.3) is 0 Å². The van der Waals surface area contributed by atoms with Gasteiger partial charge in [-0.3, -0.25) is 0 Å². The Morgan fingerprint density at radius 1 is 0.253 bits per heavy atom. The Bertz CT molecular complexity index is 4380. The number of amidine groups is 1.